The lowest BCUT2D eigenvalue weighted by molar-refractivity contribution is -0.141. The van der Waals surface area contributed by atoms with E-state index in [2.05, 4.69) is 10.3 Å². The lowest BCUT2D eigenvalue weighted by Gasteiger charge is -2.39. The van der Waals surface area contributed by atoms with E-state index >= 15 is 0 Å². The van der Waals surface area contributed by atoms with Crippen LogP contribution in [0.4, 0.5) is 0 Å². The van der Waals surface area contributed by atoms with E-state index in [0.717, 1.165) is 11.1 Å². The first kappa shape index (κ1) is 22.1. The minimum atomic E-state index is -0.606. The smallest absolute Gasteiger partial charge is 0.310 e. The summed E-state index contributed by atoms with van der Waals surface area (Å²) < 4.78 is 27.6. The molecule has 0 spiro atoms. The molecule has 3 N–H and O–H groups in total. The molecule has 36 heavy (non-hydrogen) atoms. The number of aromatic nitrogens is 1. The van der Waals surface area contributed by atoms with E-state index in [4.69, 9.17) is 23.7 Å². The maximum absolute atomic E-state index is 13.2. The maximum atomic E-state index is 13.2. The second-order valence-corrected chi connectivity index (χ2v) is 8.94. The summed E-state index contributed by atoms with van der Waals surface area (Å²) in [6, 6.07) is 10.0. The number of methoxy groups -OCH3 is 2. The minimum Gasteiger partial charge on any atom is -0.502 e. The molecular formula is C26H24N2O8. The lowest BCUT2D eigenvalue weighted by Crippen LogP contribution is -2.42. The zero-order valence-corrected chi connectivity index (χ0v) is 19.6. The van der Waals surface area contributed by atoms with Gasteiger partial charge < -0.3 is 39.1 Å². The molecule has 3 heterocycles. The Bertz CT molecular complexity index is 1330. The summed E-state index contributed by atoms with van der Waals surface area (Å²) >= 11 is 0. The molecule has 1 saturated heterocycles. The fourth-order valence-electron chi connectivity index (χ4n) is 5.53. The van der Waals surface area contributed by atoms with Crippen molar-refractivity contribution in [1.29, 1.82) is 0 Å². The summed E-state index contributed by atoms with van der Waals surface area (Å²) in [5, 5.41) is 13.6. The highest BCUT2D eigenvalue weighted by molar-refractivity contribution is 5.93. The van der Waals surface area contributed by atoms with Crippen molar-refractivity contribution in [3.63, 3.8) is 0 Å². The van der Waals surface area contributed by atoms with E-state index in [0.29, 0.717) is 22.8 Å². The van der Waals surface area contributed by atoms with E-state index in [9.17, 15) is 14.7 Å². The van der Waals surface area contributed by atoms with Crippen LogP contribution in [-0.4, -0.2) is 49.6 Å². The van der Waals surface area contributed by atoms with Gasteiger partial charge in [-0.1, -0.05) is 0 Å². The highest BCUT2D eigenvalue weighted by atomic mass is 16.7. The standard InChI is InChI=1S/C26H24N2O8/c1-32-19-6-12(7-20(33-2)24(19)29)21-13-8-17-18(36-11-35-17)9-14(13)23(15-10-34-26(31)22(15)21)28-25(30)16-4-3-5-27-16/h3-9,15,21-23,27,29H,10-11H2,1-2H3,(H,28,30)/t15-,21+,22-,23+/m0/s1. The molecule has 0 saturated carbocycles. The van der Waals surface area contributed by atoms with Crippen LogP contribution in [0.5, 0.6) is 28.7 Å². The number of benzene rings is 2. The predicted octanol–water partition coefficient (Wildman–Crippen LogP) is 2.87. The number of esters is 1. The number of H-pyrrole nitrogens is 1. The highest BCUT2D eigenvalue weighted by Crippen LogP contribution is 2.55. The zero-order valence-electron chi connectivity index (χ0n) is 19.6. The SMILES string of the molecule is COc1cc([C@@H]2c3cc4c(cc3[C@@H](NC(=O)c3ccc[nH]3)[C@H]3COC(=O)[C@H]23)OCO4)cc(OC)c1O. The molecule has 0 radical (unpaired) electrons. The highest BCUT2D eigenvalue weighted by Gasteiger charge is 2.53. The number of amides is 1. The summed E-state index contributed by atoms with van der Waals surface area (Å²) in [5.41, 5.74) is 2.69. The number of phenolic OH excluding ortho intramolecular Hbond substituents is 1. The number of hydrogen-bond acceptors (Lipinski definition) is 8. The van der Waals surface area contributed by atoms with Crippen LogP contribution in [0.2, 0.25) is 0 Å². The number of fused-ring (bicyclic) bond motifs is 3. The lowest BCUT2D eigenvalue weighted by atomic mass is 9.65. The largest absolute Gasteiger partial charge is 0.502 e. The molecule has 0 bridgehead atoms. The van der Waals surface area contributed by atoms with E-state index in [1.807, 2.05) is 12.1 Å². The Morgan fingerprint density at radius 2 is 1.75 bits per heavy atom. The molecule has 1 aliphatic carbocycles. The maximum Gasteiger partial charge on any atom is 0.310 e. The van der Waals surface area contributed by atoms with Gasteiger partial charge >= 0.3 is 5.97 Å². The van der Waals surface area contributed by atoms with Gasteiger partial charge in [-0.2, -0.15) is 0 Å². The Morgan fingerprint density at radius 3 is 2.39 bits per heavy atom. The number of aromatic amines is 1. The molecule has 3 aliphatic rings. The fourth-order valence-corrected chi connectivity index (χ4v) is 5.53. The predicted molar refractivity (Wildman–Crippen MR) is 125 cm³/mol. The van der Waals surface area contributed by atoms with Crippen molar-refractivity contribution < 1.29 is 38.4 Å². The first-order valence-electron chi connectivity index (χ1n) is 11.5. The molecule has 0 unspecified atom stereocenters. The third kappa shape index (κ3) is 3.32. The Hall–Kier alpha value is -4.34. The zero-order chi connectivity index (χ0) is 25.0. The molecule has 3 aromatic rings. The van der Waals surface area contributed by atoms with Crippen LogP contribution >= 0.6 is 0 Å². The molecule has 4 atom stereocenters. The number of ether oxygens (including phenoxy) is 5. The monoisotopic (exact) mass is 492 g/mol. The fraction of sp³-hybridized carbons (Fsp3) is 0.308. The third-order valence-electron chi connectivity index (χ3n) is 7.18. The van der Waals surface area contributed by atoms with Gasteiger partial charge in [0.05, 0.1) is 32.8 Å². The Morgan fingerprint density at radius 1 is 1.06 bits per heavy atom. The van der Waals surface area contributed by atoms with Crippen molar-refractivity contribution in [2.24, 2.45) is 11.8 Å². The van der Waals surface area contributed by atoms with Crippen LogP contribution in [0, 0.1) is 11.8 Å². The molecule has 1 fully saturated rings. The summed E-state index contributed by atoms with van der Waals surface area (Å²) in [4.78, 5) is 29.1. The molecule has 1 amide bonds. The molecular weight excluding hydrogens is 468 g/mol. The van der Waals surface area contributed by atoms with Crippen LogP contribution in [0.3, 0.4) is 0 Å². The van der Waals surface area contributed by atoms with Gasteiger partial charge in [0.1, 0.15) is 5.69 Å². The van der Waals surface area contributed by atoms with E-state index in [-0.39, 0.29) is 48.4 Å². The third-order valence-corrected chi connectivity index (χ3v) is 7.18. The van der Waals surface area contributed by atoms with Gasteiger partial charge in [-0.3, -0.25) is 9.59 Å². The summed E-state index contributed by atoms with van der Waals surface area (Å²) in [5.74, 6) is -0.661. The normalized spacial score (nSPS) is 23.4. The van der Waals surface area contributed by atoms with Crippen molar-refractivity contribution in [3.8, 4) is 28.7 Å². The molecule has 10 heteroatoms. The van der Waals surface area contributed by atoms with Crippen molar-refractivity contribution in [2.75, 3.05) is 27.6 Å². The Balaban J connectivity index is 1.54. The first-order chi connectivity index (χ1) is 17.5. The molecule has 2 aromatic carbocycles. The van der Waals surface area contributed by atoms with Gasteiger partial charge in [0.25, 0.3) is 5.91 Å². The number of phenols is 1. The minimum absolute atomic E-state index is 0.0815. The van der Waals surface area contributed by atoms with Gasteiger partial charge in [0.2, 0.25) is 12.5 Å². The summed E-state index contributed by atoms with van der Waals surface area (Å²) in [7, 11) is 2.90. The van der Waals surface area contributed by atoms with Crippen molar-refractivity contribution >= 4 is 11.9 Å². The number of nitrogens with one attached hydrogen (secondary N) is 2. The molecule has 10 nitrogen and oxygen atoms in total. The topological polar surface area (TPSA) is 128 Å². The number of cyclic esters (lactones) is 1. The molecule has 6 rings (SSSR count). The van der Waals surface area contributed by atoms with Gasteiger partial charge in [-0.05, 0) is 53.1 Å². The molecule has 1 aromatic heterocycles. The van der Waals surface area contributed by atoms with E-state index in [1.165, 1.54) is 14.2 Å². The van der Waals surface area contributed by atoms with Crippen LogP contribution in [0.1, 0.15) is 39.1 Å². The van der Waals surface area contributed by atoms with Gasteiger partial charge in [0.15, 0.2) is 23.0 Å². The van der Waals surface area contributed by atoms with E-state index in [1.54, 1.807) is 30.5 Å². The van der Waals surface area contributed by atoms with Crippen LogP contribution in [0.25, 0.3) is 0 Å². The number of rotatable bonds is 5. The quantitative estimate of drug-likeness (QED) is 0.464. The average Bonchev–Trinajstić information content (AvgIpc) is 3.65. The van der Waals surface area contributed by atoms with Crippen LogP contribution < -0.4 is 24.3 Å². The van der Waals surface area contributed by atoms with Crippen molar-refractivity contribution in [3.05, 3.63) is 65.0 Å². The van der Waals surface area contributed by atoms with E-state index < -0.39 is 17.9 Å². The number of carbonyl (C=O) groups excluding carboxylic acids is 2. The second-order valence-electron chi connectivity index (χ2n) is 8.94. The van der Waals surface area contributed by atoms with Crippen LogP contribution in [-0.2, 0) is 9.53 Å². The van der Waals surface area contributed by atoms with Gasteiger partial charge in [-0.15, -0.1) is 0 Å². The van der Waals surface area contributed by atoms with Crippen molar-refractivity contribution in [1.82, 2.24) is 10.3 Å². The summed E-state index contributed by atoms with van der Waals surface area (Å²) in [6.45, 7) is 0.230. The number of hydrogen-bond donors (Lipinski definition) is 3. The second kappa shape index (κ2) is 8.40. The van der Waals surface area contributed by atoms with Crippen LogP contribution in [0.15, 0.2) is 42.6 Å². The average molecular weight is 492 g/mol. The number of carbonyl (C=O) groups is 2. The Kier molecular flexibility index (Phi) is 5.17. The van der Waals surface area contributed by atoms with Gasteiger partial charge in [0, 0.05) is 18.0 Å². The molecule has 2 aliphatic heterocycles. The number of aromatic hydroxyl groups is 1. The molecule has 186 valence electrons. The Labute approximate surface area is 206 Å². The summed E-state index contributed by atoms with van der Waals surface area (Å²) in [6.07, 6.45) is 1.68. The van der Waals surface area contributed by atoms with Crippen molar-refractivity contribution in [2.45, 2.75) is 12.0 Å². The van der Waals surface area contributed by atoms with Gasteiger partial charge in [-0.25, -0.2) is 0 Å². The first-order valence-corrected chi connectivity index (χ1v) is 11.5.